The van der Waals surface area contributed by atoms with Crippen LogP contribution in [0.15, 0.2) is 18.2 Å². The number of sulfonamides is 1. The second kappa shape index (κ2) is 5.99. The van der Waals surface area contributed by atoms with Crippen molar-refractivity contribution in [1.29, 1.82) is 0 Å². The van der Waals surface area contributed by atoms with Gasteiger partial charge in [-0.05, 0) is 34.7 Å². The van der Waals surface area contributed by atoms with Gasteiger partial charge in [0.25, 0.3) is 0 Å². The minimum atomic E-state index is -4.41. The molecule has 5 nitrogen and oxygen atoms in total. The molecule has 0 fully saturated rings. The van der Waals surface area contributed by atoms with Crippen LogP contribution in [-0.2, 0) is 29.2 Å². The molecule has 24 heavy (non-hydrogen) atoms. The fourth-order valence-electron chi connectivity index (χ4n) is 2.68. The number of nitrogens with one attached hydrogen (secondary N) is 1. The van der Waals surface area contributed by atoms with Gasteiger partial charge >= 0.3 is 6.18 Å². The van der Waals surface area contributed by atoms with Crippen molar-refractivity contribution in [1.82, 2.24) is 14.5 Å². The van der Waals surface area contributed by atoms with E-state index in [-0.39, 0.29) is 10.1 Å². The summed E-state index contributed by atoms with van der Waals surface area (Å²) in [7, 11) is -3.34. The molecule has 0 saturated carbocycles. The average Bonchev–Trinajstić information content (AvgIpc) is 2.87. The normalized spacial score (nSPS) is 16.2. The monoisotopic (exact) mass is 471 g/mol. The first kappa shape index (κ1) is 17.7. The zero-order valence-corrected chi connectivity index (χ0v) is 15.5. The molecule has 0 spiro atoms. The van der Waals surface area contributed by atoms with E-state index in [1.807, 2.05) is 0 Å². The van der Waals surface area contributed by atoms with E-state index < -0.39 is 21.8 Å². The second-order valence-corrected chi connectivity index (χ2v) is 8.71. The van der Waals surface area contributed by atoms with Crippen molar-refractivity contribution >= 4 is 32.6 Å². The number of rotatable bonds is 2. The fraction of sp³-hybridized carbons (Fsp3) is 0.357. The van der Waals surface area contributed by atoms with Gasteiger partial charge < -0.3 is 0 Å². The van der Waals surface area contributed by atoms with Crippen LogP contribution in [0.3, 0.4) is 0 Å². The molecule has 1 aromatic heterocycles. The Morgan fingerprint density at radius 2 is 2.04 bits per heavy atom. The zero-order chi connectivity index (χ0) is 17.7. The molecule has 1 aromatic carbocycles. The molecule has 0 unspecified atom stereocenters. The highest BCUT2D eigenvalue weighted by molar-refractivity contribution is 14.1. The first-order valence-electron chi connectivity index (χ1n) is 6.95. The molecule has 1 aliphatic rings. The number of halogens is 4. The molecular formula is C14H13F3IN3O2S. The minimum absolute atomic E-state index is 0.0742. The van der Waals surface area contributed by atoms with Crippen LogP contribution in [0, 0.1) is 3.57 Å². The van der Waals surface area contributed by atoms with Crippen molar-refractivity contribution in [3.8, 4) is 11.3 Å². The van der Waals surface area contributed by atoms with Gasteiger partial charge in [-0.2, -0.15) is 22.6 Å². The smallest absolute Gasteiger partial charge is 0.282 e. The maximum Gasteiger partial charge on any atom is 0.417 e. The van der Waals surface area contributed by atoms with E-state index in [1.165, 1.54) is 16.4 Å². The van der Waals surface area contributed by atoms with Crippen molar-refractivity contribution in [2.24, 2.45) is 0 Å². The van der Waals surface area contributed by atoms with E-state index in [4.69, 9.17) is 0 Å². The highest BCUT2D eigenvalue weighted by Gasteiger charge is 2.33. The van der Waals surface area contributed by atoms with Gasteiger partial charge in [0.15, 0.2) is 0 Å². The third-order valence-electron chi connectivity index (χ3n) is 3.92. The molecule has 130 valence electrons. The van der Waals surface area contributed by atoms with Crippen LogP contribution in [0.4, 0.5) is 13.2 Å². The Balaban J connectivity index is 2.01. The number of benzene rings is 1. The Morgan fingerprint density at radius 3 is 2.62 bits per heavy atom. The molecule has 0 bridgehead atoms. The minimum Gasteiger partial charge on any atom is -0.282 e. The lowest BCUT2D eigenvalue weighted by Gasteiger charge is -2.24. The molecule has 10 heteroatoms. The number of aromatic amines is 1. The van der Waals surface area contributed by atoms with Crippen LogP contribution in [0.25, 0.3) is 11.3 Å². The Kier molecular flexibility index (Phi) is 4.41. The molecule has 0 amide bonds. The van der Waals surface area contributed by atoms with Gasteiger partial charge in [-0.3, -0.25) is 5.10 Å². The van der Waals surface area contributed by atoms with Crippen LogP contribution >= 0.6 is 22.6 Å². The summed E-state index contributed by atoms with van der Waals surface area (Å²) in [5.41, 5.74) is 1.85. The van der Waals surface area contributed by atoms with E-state index in [9.17, 15) is 21.6 Å². The van der Waals surface area contributed by atoms with Gasteiger partial charge in [-0.1, -0.05) is 6.07 Å². The molecule has 0 radical (unpaired) electrons. The molecule has 2 aromatic rings. The lowest BCUT2D eigenvalue weighted by Crippen LogP contribution is -2.35. The molecule has 0 saturated heterocycles. The summed E-state index contributed by atoms with van der Waals surface area (Å²) in [6.45, 7) is 0.523. The molecule has 0 aliphatic carbocycles. The summed E-state index contributed by atoms with van der Waals surface area (Å²) in [5, 5.41) is 7.05. The standard InChI is InChI=1S/C14H13F3IN3O2S/c1-24(22,23)21-5-4-12-9(7-21)13(20-19-12)8-2-3-10(11(18)6-8)14(15,16)17/h2-3,6H,4-5,7H2,1H3,(H,19,20). The summed E-state index contributed by atoms with van der Waals surface area (Å²) in [5.74, 6) is 0. The van der Waals surface area contributed by atoms with E-state index in [0.717, 1.165) is 18.0 Å². The lowest BCUT2D eigenvalue weighted by atomic mass is 10.0. The summed E-state index contributed by atoms with van der Waals surface area (Å²) in [6.07, 6.45) is -2.78. The number of nitrogens with zero attached hydrogens (tertiary/aromatic N) is 2. The Hall–Kier alpha value is -1.14. The van der Waals surface area contributed by atoms with Gasteiger partial charge in [0, 0.05) is 39.9 Å². The van der Waals surface area contributed by atoms with Crippen molar-refractivity contribution in [3.63, 3.8) is 0 Å². The van der Waals surface area contributed by atoms with Crippen LogP contribution in [0.2, 0.25) is 0 Å². The summed E-state index contributed by atoms with van der Waals surface area (Å²) in [4.78, 5) is 0. The van der Waals surface area contributed by atoms with Gasteiger partial charge in [-0.15, -0.1) is 0 Å². The van der Waals surface area contributed by atoms with Gasteiger partial charge in [0.2, 0.25) is 10.0 Å². The Morgan fingerprint density at radius 1 is 1.33 bits per heavy atom. The number of hydrogen-bond donors (Lipinski definition) is 1. The van der Waals surface area contributed by atoms with Crippen LogP contribution in [0.1, 0.15) is 16.8 Å². The molecule has 2 heterocycles. The molecule has 1 N–H and O–H groups in total. The number of H-pyrrole nitrogens is 1. The van der Waals surface area contributed by atoms with Gasteiger partial charge in [0.1, 0.15) is 0 Å². The fourth-order valence-corrected chi connectivity index (χ4v) is 4.29. The number of alkyl halides is 3. The summed E-state index contributed by atoms with van der Waals surface area (Å²) >= 11 is 1.64. The van der Waals surface area contributed by atoms with Gasteiger partial charge in [-0.25, -0.2) is 8.42 Å². The maximum absolute atomic E-state index is 12.9. The zero-order valence-electron chi connectivity index (χ0n) is 12.5. The van der Waals surface area contributed by atoms with Gasteiger partial charge in [0.05, 0.1) is 17.5 Å². The van der Waals surface area contributed by atoms with Crippen LogP contribution < -0.4 is 0 Å². The largest absolute Gasteiger partial charge is 0.417 e. The van der Waals surface area contributed by atoms with E-state index >= 15 is 0 Å². The van der Waals surface area contributed by atoms with Crippen molar-refractivity contribution in [2.45, 2.75) is 19.1 Å². The first-order valence-corrected chi connectivity index (χ1v) is 9.88. The highest BCUT2D eigenvalue weighted by Crippen LogP contribution is 2.36. The van der Waals surface area contributed by atoms with Crippen molar-refractivity contribution < 1.29 is 21.6 Å². The first-order chi connectivity index (χ1) is 11.1. The Bertz CT molecular complexity index is 893. The van der Waals surface area contributed by atoms with Crippen molar-refractivity contribution in [2.75, 3.05) is 12.8 Å². The number of fused-ring (bicyclic) bond motifs is 1. The third-order valence-corrected chi connectivity index (χ3v) is 6.06. The van der Waals surface area contributed by atoms with Crippen molar-refractivity contribution in [3.05, 3.63) is 38.6 Å². The van der Waals surface area contributed by atoms with Crippen LogP contribution in [0.5, 0.6) is 0 Å². The topological polar surface area (TPSA) is 66.1 Å². The number of aromatic nitrogens is 2. The maximum atomic E-state index is 12.9. The predicted octanol–water partition coefficient (Wildman–Crippen LogP) is 3.02. The quantitative estimate of drug-likeness (QED) is 0.686. The van der Waals surface area contributed by atoms with Crippen LogP contribution in [-0.4, -0.2) is 35.7 Å². The van der Waals surface area contributed by atoms with E-state index in [1.54, 1.807) is 22.6 Å². The van der Waals surface area contributed by atoms with E-state index in [2.05, 4.69) is 10.2 Å². The molecule has 3 rings (SSSR count). The molecule has 0 atom stereocenters. The SMILES string of the molecule is CS(=O)(=O)N1CCc2[nH]nc(-c3ccc(C(F)(F)F)c(I)c3)c2C1. The molecule has 1 aliphatic heterocycles. The second-order valence-electron chi connectivity index (χ2n) is 5.57. The predicted molar refractivity (Wildman–Crippen MR) is 90.7 cm³/mol. The third kappa shape index (κ3) is 3.31. The highest BCUT2D eigenvalue weighted by atomic mass is 127. The molecular weight excluding hydrogens is 458 g/mol. The average molecular weight is 471 g/mol. The lowest BCUT2D eigenvalue weighted by molar-refractivity contribution is -0.138. The Labute approximate surface area is 150 Å². The number of hydrogen-bond acceptors (Lipinski definition) is 3. The van der Waals surface area contributed by atoms with E-state index in [0.29, 0.717) is 29.8 Å². The summed E-state index contributed by atoms with van der Waals surface area (Å²) in [6, 6.07) is 3.80. The summed E-state index contributed by atoms with van der Waals surface area (Å²) < 4.78 is 63.5.